The molecule has 4 nitrogen and oxygen atoms in total. The van der Waals surface area contributed by atoms with E-state index in [-0.39, 0.29) is 29.6 Å². The Morgan fingerprint density at radius 1 is 0.875 bits per heavy atom. The molecule has 0 radical (unpaired) electrons. The van der Waals surface area contributed by atoms with Gasteiger partial charge in [0, 0.05) is 13.0 Å². The Morgan fingerprint density at radius 3 is 1.69 bits per heavy atom. The largest absolute Gasteiger partial charge is 0.357 e. The van der Waals surface area contributed by atoms with Crippen LogP contribution in [-0.2, 0) is 9.59 Å². The van der Waals surface area contributed by atoms with Gasteiger partial charge in [0.15, 0.2) is 0 Å². The van der Waals surface area contributed by atoms with Crippen LogP contribution in [-0.4, -0.2) is 24.9 Å². The third kappa shape index (κ3) is 4.21. The summed E-state index contributed by atoms with van der Waals surface area (Å²) in [5, 5.41) is 5.36. The van der Waals surface area contributed by atoms with Crippen LogP contribution in [0.15, 0.2) is 0 Å². The molecule has 0 aromatic carbocycles. The Labute approximate surface area is 98.2 Å². The van der Waals surface area contributed by atoms with Crippen molar-refractivity contribution in [1.82, 2.24) is 10.6 Å². The van der Waals surface area contributed by atoms with E-state index >= 15 is 0 Å². The van der Waals surface area contributed by atoms with Crippen LogP contribution in [0.25, 0.3) is 0 Å². The van der Waals surface area contributed by atoms with Crippen molar-refractivity contribution in [3.05, 3.63) is 0 Å². The molecule has 2 unspecified atom stereocenters. The molecule has 2 atom stereocenters. The van der Waals surface area contributed by atoms with Gasteiger partial charge < -0.3 is 10.6 Å². The molecule has 0 saturated carbocycles. The monoisotopic (exact) mass is 228 g/mol. The number of likely N-dealkylation sites (N-methyl/N-ethyl adjacent to an activating group) is 1. The standard InChI is InChI=1S/C12H24N2O2/c1-7(2)9(5)11(15)14-10(8(3)4)12(16)13-6/h7-10H,1-6H3,(H,13,16)(H,14,15). The average Bonchev–Trinajstić information content (AvgIpc) is 2.22. The smallest absolute Gasteiger partial charge is 0.242 e. The molecule has 0 aliphatic rings. The molecule has 0 aliphatic carbocycles. The lowest BCUT2D eigenvalue weighted by molar-refractivity contribution is -0.132. The van der Waals surface area contributed by atoms with Gasteiger partial charge in [-0.05, 0) is 11.8 Å². The fourth-order valence-corrected chi connectivity index (χ4v) is 1.28. The van der Waals surface area contributed by atoms with Crippen molar-refractivity contribution < 1.29 is 9.59 Å². The van der Waals surface area contributed by atoms with Gasteiger partial charge >= 0.3 is 0 Å². The summed E-state index contributed by atoms with van der Waals surface area (Å²) in [5.41, 5.74) is 0. The summed E-state index contributed by atoms with van der Waals surface area (Å²) < 4.78 is 0. The molecular weight excluding hydrogens is 204 g/mol. The minimum Gasteiger partial charge on any atom is -0.357 e. The van der Waals surface area contributed by atoms with Gasteiger partial charge in [0.2, 0.25) is 11.8 Å². The normalized spacial score (nSPS) is 14.8. The van der Waals surface area contributed by atoms with E-state index < -0.39 is 6.04 Å². The van der Waals surface area contributed by atoms with Gasteiger partial charge in [0.1, 0.15) is 6.04 Å². The van der Waals surface area contributed by atoms with Crippen LogP contribution in [0, 0.1) is 17.8 Å². The van der Waals surface area contributed by atoms with Crippen LogP contribution < -0.4 is 10.6 Å². The van der Waals surface area contributed by atoms with E-state index in [1.807, 2.05) is 34.6 Å². The van der Waals surface area contributed by atoms with E-state index in [4.69, 9.17) is 0 Å². The van der Waals surface area contributed by atoms with E-state index in [0.29, 0.717) is 0 Å². The van der Waals surface area contributed by atoms with Crippen molar-refractivity contribution in [2.45, 2.75) is 40.7 Å². The number of hydrogen-bond donors (Lipinski definition) is 2. The molecular formula is C12H24N2O2. The predicted octanol–water partition coefficient (Wildman–Crippen LogP) is 1.17. The highest BCUT2D eigenvalue weighted by Crippen LogP contribution is 2.11. The number of carbonyl (C=O) groups is 2. The fourth-order valence-electron chi connectivity index (χ4n) is 1.28. The summed E-state index contributed by atoms with van der Waals surface area (Å²) in [6, 6.07) is -0.446. The molecule has 0 aromatic rings. The Balaban J connectivity index is 4.53. The summed E-state index contributed by atoms with van der Waals surface area (Å²) in [4.78, 5) is 23.4. The second-order valence-corrected chi connectivity index (χ2v) is 4.88. The number of hydrogen-bond acceptors (Lipinski definition) is 2. The van der Waals surface area contributed by atoms with Crippen molar-refractivity contribution in [1.29, 1.82) is 0 Å². The van der Waals surface area contributed by atoms with Crippen molar-refractivity contribution in [3.8, 4) is 0 Å². The van der Waals surface area contributed by atoms with Gasteiger partial charge in [-0.1, -0.05) is 34.6 Å². The van der Waals surface area contributed by atoms with Gasteiger partial charge in [0.25, 0.3) is 0 Å². The van der Waals surface area contributed by atoms with E-state index in [1.165, 1.54) is 0 Å². The van der Waals surface area contributed by atoms with Gasteiger partial charge in [-0.15, -0.1) is 0 Å². The number of rotatable bonds is 5. The molecule has 2 amide bonds. The number of carbonyl (C=O) groups excluding carboxylic acids is 2. The van der Waals surface area contributed by atoms with Crippen molar-refractivity contribution in [2.75, 3.05) is 7.05 Å². The van der Waals surface area contributed by atoms with Crippen LogP contribution in [0.3, 0.4) is 0 Å². The summed E-state index contributed by atoms with van der Waals surface area (Å²) >= 11 is 0. The number of nitrogens with one attached hydrogen (secondary N) is 2. The maximum Gasteiger partial charge on any atom is 0.242 e. The molecule has 0 aromatic heterocycles. The molecule has 0 bridgehead atoms. The molecule has 0 spiro atoms. The van der Waals surface area contributed by atoms with Crippen LogP contribution in [0.5, 0.6) is 0 Å². The summed E-state index contributed by atoms with van der Waals surface area (Å²) in [6.45, 7) is 9.70. The molecule has 0 aliphatic heterocycles. The van der Waals surface area contributed by atoms with Gasteiger partial charge in [-0.3, -0.25) is 9.59 Å². The van der Waals surface area contributed by atoms with Crippen molar-refractivity contribution in [2.24, 2.45) is 17.8 Å². The van der Waals surface area contributed by atoms with Crippen LogP contribution in [0.1, 0.15) is 34.6 Å². The van der Waals surface area contributed by atoms with E-state index in [1.54, 1.807) is 7.05 Å². The topological polar surface area (TPSA) is 58.2 Å². The second kappa shape index (κ2) is 6.51. The number of amides is 2. The van der Waals surface area contributed by atoms with Gasteiger partial charge in [-0.25, -0.2) is 0 Å². The lowest BCUT2D eigenvalue weighted by atomic mass is 9.95. The second-order valence-electron chi connectivity index (χ2n) is 4.88. The molecule has 0 fully saturated rings. The van der Waals surface area contributed by atoms with Gasteiger partial charge in [0.05, 0.1) is 0 Å². The summed E-state index contributed by atoms with van der Waals surface area (Å²) in [6.07, 6.45) is 0. The van der Waals surface area contributed by atoms with Crippen molar-refractivity contribution in [3.63, 3.8) is 0 Å². The first kappa shape index (κ1) is 14.9. The predicted molar refractivity (Wildman–Crippen MR) is 64.8 cm³/mol. The Bertz CT molecular complexity index is 249. The minimum atomic E-state index is -0.446. The zero-order valence-corrected chi connectivity index (χ0v) is 11.1. The fraction of sp³-hybridized carbons (Fsp3) is 0.833. The zero-order valence-electron chi connectivity index (χ0n) is 11.1. The maximum atomic E-state index is 11.8. The minimum absolute atomic E-state index is 0.0581. The SMILES string of the molecule is CNC(=O)C(NC(=O)C(C)C(C)C)C(C)C. The highest BCUT2D eigenvalue weighted by Gasteiger charge is 2.26. The molecule has 0 heterocycles. The van der Waals surface area contributed by atoms with E-state index in [9.17, 15) is 9.59 Å². The maximum absolute atomic E-state index is 11.8. The highest BCUT2D eigenvalue weighted by molar-refractivity contribution is 5.88. The molecule has 0 saturated heterocycles. The Morgan fingerprint density at radius 2 is 1.38 bits per heavy atom. The van der Waals surface area contributed by atoms with Crippen LogP contribution in [0.2, 0.25) is 0 Å². The third-order valence-electron chi connectivity index (χ3n) is 2.91. The molecule has 16 heavy (non-hydrogen) atoms. The third-order valence-corrected chi connectivity index (χ3v) is 2.91. The molecule has 0 rings (SSSR count). The lowest BCUT2D eigenvalue weighted by Crippen LogP contribution is -2.50. The Kier molecular flexibility index (Phi) is 6.08. The van der Waals surface area contributed by atoms with Gasteiger partial charge in [-0.2, -0.15) is 0 Å². The first-order chi connectivity index (χ1) is 7.31. The van der Waals surface area contributed by atoms with Crippen LogP contribution in [0.4, 0.5) is 0 Å². The lowest BCUT2D eigenvalue weighted by Gasteiger charge is -2.24. The molecule has 2 N–H and O–H groups in total. The first-order valence-electron chi connectivity index (χ1n) is 5.83. The van der Waals surface area contributed by atoms with E-state index in [0.717, 1.165) is 0 Å². The summed E-state index contributed by atoms with van der Waals surface area (Å²) in [5.74, 6) is 0.0864. The quantitative estimate of drug-likeness (QED) is 0.742. The van der Waals surface area contributed by atoms with Crippen LogP contribution >= 0.6 is 0 Å². The first-order valence-corrected chi connectivity index (χ1v) is 5.83. The molecule has 94 valence electrons. The van der Waals surface area contributed by atoms with Crippen molar-refractivity contribution >= 4 is 11.8 Å². The Hall–Kier alpha value is -1.06. The highest BCUT2D eigenvalue weighted by atomic mass is 16.2. The average molecular weight is 228 g/mol. The molecule has 4 heteroatoms. The summed E-state index contributed by atoms with van der Waals surface area (Å²) in [7, 11) is 1.58. The van der Waals surface area contributed by atoms with E-state index in [2.05, 4.69) is 10.6 Å². The zero-order chi connectivity index (χ0) is 12.9.